The molecule has 0 bridgehead atoms. The maximum Gasteiger partial charge on any atom is 0.193 e. The lowest BCUT2D eigenvalue weighted by Crippen LogP contribution is -2.41. The van der Waals surface area contributed by atoms with Gasteiger partial charge in [0.2, 0.25) is 0 Å². The number of aliphatic imine (C=N–C) groups is 1. The van der Waals surface area contributed by atoms with Gasteiger partial charge in [0.15, 0.2) is 5.96 Å². The summed E-state index contributed by atoms with van der Waals surface area (Å²) in [7, 11) is 3.93. The van der Waals surface area contributed by atoms with E-state index >= 15 is 0 Å². The van der Waals surface area contributed by atoms with Crippen LogP contribution in [0.5, 0.6) is 0 Å². The maximum atomic E-state index is 5.42. The van der Waals surface area contributed by atoms with Crippen LogP contribution in [-0.2, 0) is 11.3 Å². The first-order valence-corrected chi connectivity index (χ1v) is 7.55. The minimum absolute atomic E-state index is 0.632. The predicted molar refractivity (Wildman–Crippen MR) is 80.8 cm³/mol. The van der Waals surface area contributed by atoms with Gasteiger partial charge in [-0.25, -0.2) is 0 Å². The molecule has 1 atom stereocenters. The molecule has 0 spiro atoms. The highest BCUT2D eigenvalue weighted by atomic mass is 32.1. The lowest BCUT2D eigenvalue weighted by Gasteiger charge is -2.24. The fourth-order valence-corrected chi connectivity index (χ4v) is 3.16. The molecule has 0 aliphatic carbocycles. The second kappa shape index (κ2) is 6.91. The van der Waals surface area contributed by atoms with E-state index in [-0.39, 0.29) is 0 Å². The van der Waals surface area contributed by atoms with E-state index in [9.17, 15) is 0 Å². The summed E-state index contributed by atoms with van der Waals surface area (Å²) < 4.78 is 5.42. The molecule has 19 heavy (non-hydrogen) atoms. The van der Waals surface area contributed by atoms with E-state index in [4.69, 9.17) is 4.74 Å². The van der Waals surface area contributed by atoms with Crippen LogP contribution in [0.2, 0.25) is 0 Å². The largest absolute Gasteiger partial charge is 0.381 e. The van der Waals surface area contributed by atoms with Crippen LogP contribution in [0.4, 0.5) is 0 Å². The molecule has 4 nitrogen and oxygen atoms in total. The molecule has 1 saturated heterocycles. The van der Waals surface area contributed by atoms with Crippen LogP contribution in [0.25, 0.3) is 0 Å². The van der Waals surface area contributed by atoms with Gasteiger partial charge in [-0.15, -0.1) is 11.3 Å². The molecule has 1 aromatic rings. The van der Waals surface area contributed by atoms with Gasteiger partial charge < -0.3 is 15.0 Å². The highest BCUT2D eigenvalue weighted by molar-refractivity contribution is 7.11. The fourth-order valence-electron chi connectivity index (χ4n) is 2.33. The Bertz CT molecular complexity index is 424. The third-order valence-corrected chi connectivity index (χ3v) is 4.35. The Labute approximate surface area is 119 Å². The van der Waals surface area contributed by atoms with Crippen molar-refractivity contribution in [3.63, 3.8) is 0 Å². The van der Waals surface area contributed by atoms with E-state index in [1.54, 1.807) is 0 Å². The first kappa shape index (κ1) is 14.3. The van der Waals surface area contributed by atoms with Gasteiger partial charge in [0.1, 0.15) is 0 Å². The Morgan fingerprint density at radius 3 is 3.00 bits per heavy atom. The monoisotopic (exact) mass is 281 g/mol. The molecule has 1 fully saturated rings. The van der Waals surface area contributed by atoms with Crippen molar-refractivity contribution in [3.8, 4) is 0 Å². The minimum Gasteiger partial charge on any atom is -0.381 e. The van der Waals surface area contributed by atoms with Crippen molar-refractivity contribution in [2.45, 2.75) is 19.9 Å². The van der Waals surface area contributed by atoms with Gasteiger partial charge in [0.25, 0.3) is 0 Å². The Morgan fingerprint density at radius 2 is 2.42 bits per heavy atom. The number of nitrogens with one attached hydrogen (secondary N) is 1. The number of hydrogen-bond acceptors (Lipinski definition) is 3. The van der Waals surface area contributed by atoms with Crippen LogP contribution in [-0.4, -0.2) is 44.7 Å². The van der Waals surface area contributed by atoms with Crippen molar-refractivity contribution in [2.24, 2.45) is 10.9 Å². The molecule has 1 aliphatic rings. The van der Waals surface area contributed by atoms with E-state index < -0.39 is 0 Å². The zero-order valence-electron chi connectivity index (χ0n) is 12.0. The van der Waals surface area contributed by atoms with Crippen LogP contribution in [0.1, 0.15) is 16.2 Å². The summed E-state index contributed by atoms with van der Waals surface area (Å²) in [6, 6.07) is 4.33. The van der Waals surface area contributed by atoms with E-state index in [1.165, 1.54) is 9.75 Å². The van der Waals surface area contributed by atoms with Gasteiger partial charge in [-0.2, -0.15) is 0 Å². The highest BCUT2D eigenvalue weighted by Crippen LogP contribution is 2.15. The maximum absolute atomic E-state index is 5.42. The second-order valence-corrected chi connectivity index (χ2v) is 6.40. The zero-order chi connectivity index (χ0) is 13.7. The predicted octanol–water partition coefficient (Wildman–Crippen LogP) is 2.10. The molecular weight excluding hydrogens is 258 g/mol. The van der Waals surface area contributed by atoms with Crippen molar-refractivity contribution in [1.82, 2.24) is 10.2 Å². The van der Waals surface area contributed by atoms with E-state index in [2.05, 4.69) is 41.3 Å². The smallest absolute Gasteiger partial charge is 0.193 e. The number of thiophene rings is 1. The topological polar surface area (TPSA) is 36.9 Å². The summed E-state index contributed by atoms with van der Waals surface area (Å²) >= 11 is 1.83. The standard InChI is InChI=1S/C14H23N3OS/c1-11-4-5-13(19-11)8-16-14(15-2)17(3)9-12-6-7-18-10-12/h4-5,12H,6-10H2,1-3H3,(H,15,16). The molecule has 1 unspecified atom stereocenters. The van der Waals surface area contributed by atoms with Gasteiger partial charge in [-0.05, 0) is 25.5 Å². The molecule has 2 heterocycles. The minimum atomic E-state index is 0.632. The van der Waals surface area contributed by atoms with Gasteiger partial charge in [-0.3, -0.25) is 4.99 Å². The van der Waals surface area contributed by atoms with Crippen LogP contribution in [0.3, 0.4) is 0 Å². The summed E-state index contributed by atoms with van der Waals surface area (Å²) in [4.78, 5) is 9.24. The van der Waals surface area contributed by atoms with Crippen molar-refractivity contribution in [1.29, 1.82) is 0 Å². The van der Waals surface area contributed by atoms with Gasteiger partial charge in [0, 0.05) is 42.9 Å². The summed E-state index contributed by atoms with van der Waals surface area (Å²) in [6.45, 7) is 5.76. The summed E-state index contributed by atoms with van der Waals surface area (Å²) in [5.41, 5.74) is 0. The zero-order valence-corrected chi connectivity index (χ0v) is 12.8. The third kappa shape index (κ3) is 4.21. The van der Waals surface area contributed by atoms with Crippen molar-refractivity contribution in [3.05, 3.63) is 21.9 Å². The first-order valence-electron chi connectivity index (χ1n) is 6.74. The Kier molecular flexibility index (Phi) is 5.22. The molecular formula is C14H23N3OS. The molecule has 0 radical (unpaired) electrons. The van der Waals surface area contributed by atoms with Crippen LogP contribution < -0.4 is 5.32 Å². The van der Waals surface area contributed by atoms with Crippen molar-refractivity contribution >= 4 is 17.3 Å². The lowest BCUT2D eigenvalue weighted by molar-refractivity contribution is 0.181. The van der Waals surface area contributed by atoms with Crippen LogP contribution in [0, 0.1) is 12.8 Å². The van der Waals surface area contributed by atoms with E-state index in [0.717, 1.165) is 38.7 Å². The molecule has 0 amide bonds. The average Bonchev–Trinajstić information content (AvgIpc) is 3.02. The molecule has 5 heteroatoms. The molecule has 0 saturated carbocycles. The summed E-state index contributed by atoms with van der Waals surface area (Å²) in [5, 5.41) is 3.42. The van der Waals surface area contributed by atoms with Crippen LogP contribution in [0.15, 0.2) is 17.1 Å². The molecule has 0 aromatic carbocycles. The lowest BCUT2D eigenvalue weighted by atomic mass is 10.1. The Hall–Kier alpha value is -1.07. The second-order valence-electron chi connectivity index (χ2n) is 5.02. The molecule has 106 valence electrons. The third-order valence-electron chi connectivity index (χ3n) is 3.35. The van der Waals surface area contributed by atoms with Crippen LogP contribution >= 0.6 is 11.3 Å². The molecule has 1 aliphatic heterocycles. The SMILES string of the molecule is CN=C(NCc1ccc(C)s1)N(C)CC1CCOC1. The van der Waals surface area contributed by atoms with Gasteiger partial charge in [0.05, 0.1) is 13.2 Å². The number of rotatable bonds is 4. The summed E-state index contributed by atoms with van der Waals surface area (Å²) in [6.07, 6.45) is 1.16. The first-order chi connectivity index (χ1) is 9.19. The van der Waals surface area contributed by atoms with Gasteiger partial charge >= 0.3 is 0 Å². The number of guanidine groups is 1. The van der Waals surface area contributed by atoms with Crippen molar-refractivity contribution in [2.75, 3.05) is 33.9 Å². The Balaban J connectivity index is 1.81. The van der Waals surface area contributed by atoms with E-state index in [0.29, 0.717) is 5.92 Å². The normalized spacial score (nSPS) is 19.7. The molecule has 1 aromatic heterocycles. The fraction of sp³-hybridized carbons (Fsp3) is 0.643. The Morgan fingerprint density at radius 1 is 1.58 bits per heavy atom. The number of aryl methyl sites for hydroxylation is 1. The highest BCUT2D eigenvalue weighted by Gasteiger charge is 2.18. The van der Waals surface area contributed by atoms with Crippen molar-refractivity contribution < 1.29 is 4.74 Å². The molecule has 2 rings (SSSR count). The summed E-state index contributed by atoms with van der Waals surface area (Å²) in [5.74, 6) is 1.59. The average molecular weight is 281 g/mol. The van der Waals surface area contributed by atoms with E-state index in [1.807, 2.05) is 18.4 Å². The van der Waals surface area contributed by atoms with Gasteiger partial charge in [-0.1, -0.05) is 0 Å². The molecule has 1 N–H and O–H groups in total. The number of ether oxygens (including phenoxy) is 1. The number of hydrogen-bond donors (Lipinski definition) is 1. The number of nitrogens with zero attached hydrogens (tertiary/aromatic N) is 2. The quantitative estimate of drug-likeness (QED) is 0.678.